The Morgan fingerprint density at radius 3 is 2.54 bits per heavy atom. The molecule has 2 aliphatic rings. The van der Waals surface area contributed by atoms with Gasteiger partial charge >= 0.3 is 5.97 Å². The third-order valence-corrected chi connectivity index (χ3v) is 4.68. The van der Waals surface area contributed by atoms with E-state index in [9.17, 15) is 19.7 Å². The molecule has 3 rings (SSSR count). The molecule has 1 N–H and O–H groups in total. The van der Waals surface area contributed by atoms with E-state index < -0.39 is 10.9 Å². The van der Waals surface area contributed by atoms with Gasteiger partial charge in [-0.15, -0.1) is 0 Å². The summed E-state index contributed by atoms with van der Waals surface area (Å²) in [6, 6.07) is 2.79. The van der Waals surface area contributed by atoms with Crippen LogP contribution in [0, 0.1) is 10.1 Å². The topological polar surface area (TPSA) is 117 Å². The van der Waals surface area contributed by atoms with Crippen molar-refractivity contribution in [1.29, 1.82) is 0 Å². The molecule has 0 bridgehead atoms. The molecule has 1 fully saturated rings. The maximum atomic E-state index is 11.9. The lowest BCUT2D eigenvalue weighted by molar-refractivity contribution is -0.385. The normalized spacial score (nSPS) is 16.6. The summed E-state index contributed by atoms with van der Waals surface area (Å²) >= 11 is 0. The summed E-state index contributed by atoms with van der Waals surface area (Å²) in [5.41, 5.74) is -0.0477. The summed E-state index contributed by atoms with van der Waals surface area (Å²) in [5, 5.41) is 14.1. The number of benzene rings is 1. The van der Waals surface area contributed by atoms with Gasteiger partial charge in [-0.3, -0.25) is 14.9 Å². The lowest BCUT2D eigenvalue weighted by Crippen LogP contribution is -2.37. The van der Waals surface area contributed by atoms with Gasteiger partial charge in [-0.2, -0.15) is 0 Å². The first kappa shape index (κ1) is 19.7. The maximum Gasteiger partial charge on any atom is 0.331 e. The van der Waals surface area contributed by atoms with Crippen LogP contribution in [0.4, 0.5) is 5.69 Å². The van der Waals surface area contributed by atoms with Crippen LogP contribution in [-0.4, -0.2) is 36.2 Å². The number of nitro benzene ring substituents is 1. The van der Waals surface area contributed by atoms with Gasteiger partial charge in [0, 0.05) is 12.1 Å². The number of nitrogens with one attached hydrogen (secondary N) is 1. The average Bonchev–Trinajstić information content (AvgIpc) is 2.98. The van der Waals surface area contributed by atoms with Crippen LogP contribution in [0.3, 0.4) is 0 Å². The molecule has 0 spiro atoms. The van der Waals surface area contributed by atoms with Crippen molar-refractivity contribution in [3.63, 3.8) is 0 Å². The summed E-state index contributed by atoms with van der Waals surface area (Å²) in [6.45, 7) is -0.402. The van der Waals surface area contributed by atoms with Crippen molar-refractivity contribution < 1.29 is 28.7 Å². The molecule has 28 heavy (non-hydrogen) atoms. The number of carbonyl (C=O) groups is 2. The Kier molecular flexibility index (Phi) is 6.46. The molecule has 1 aromatic rings. The third kappa shape index (κ3) is 5.21. The highest BCUT2D eigenvalue weighted by Crippen LogP contribution is 2.38. The van der Waals surface area contributed by atoms with Crippen LogP contribution in [-0.2, 0) is 14.3 Å². The van der Waals surface area contributed by atoms with E-state index in [1.54, 1.807) is 0 Å². The van der Waals surface area contributed by atoms with Gasteiger partial charge in [0.25, 0.3) is 11.6 Å². The highest BCUT2D eigenvalue weighted by Gasteiger charge is 2.22. The van der Waals surface area contributed by atoms with Crippen LogP contribution in [0.2, 0.25) is 0 Å². The van der Waals surface area contributed by atoms with Crippen LogP contribution >= 0.6 is 0 Å². The Bertz CT molecular complexity index is 783. The van der Waals surface area contributed by atoms with Crippen molar-refractivity contribution in [3.8, 4) is 11.5 Å². The van der Waals surface area contributed by atoms with E-state index in [-0.39, 0.29) is 42.3 Å². The number of nitrogens with zero attached hydrogens (tertiary/aromatic N) is 1. The van der Waals surface area contributed by atoms with Crippen LogP contribution < -0.4 is 14.8 Å². The lowest BCUT2D eigenvalue weighted by Gasteiger charge is -2.15. The molecule has 1 amide bonds. The van der Waals surface area contributed by atoms with Gasteiger partial charge in [-0.25, -0.2) is 4.79 Å². The van der Waals surface area contributed by atoms with E-state index in [2.05, 4.69) is 5.32 Å². The molecule has 0 unspecified atom stereocenters. The smallest absolute Gasteiger partial charge is 0.331 e. The summed E-state index contributed by atoms with van der Waals surface area (Å²) in [7, 11) is 0. The fraction of sp³-hybridized carbons (Fsp3) is 0.474. The van der Waals surface area contributed by atoms with Gasteiger partial charge in [0.15, 0.2) is 18.1 Å². The van der Waals surface area contributed by atoms with Gasteiger partial charge in [-0.1, -0.05) is 25.7 Å². The predicted molar refractivity (Wildman–Crippen MR) is 98.8 cm³/mol. The minimum absolute atomic E-state index is 0.0161. The Balaban J connectivity index is 1.54. The van der Waals surface area contributed by atoms with Crippen molar-refractivity contribution in [3.05, 3.63) is 33.9 Å². The van der Waals surface area contributed by atoms with Crippen molar-refractivity contribution in [1.82, 2.24) is 5.32 Å². The van der Waals surface area contributed by atoms with Crippen LogP contribution in [0.15, 0.2) is 18.2 Å². The second-order valence-electron chi connectivity index (χ2n) is 6.72. The van der Waals surface area contributed by atoms with Crippen molar-refractivity contribution in [2.75, 3.05) is 13.4 Å². The van der Waals surface area contributed by atoms with Gasteiger partial charge in [-0.05, 0) is 25.0 Å². The molecule has 9 nitrogen and oxygen atoms in total. The van der Waals surface area contributed by atoms with E-state index in [4.69, 9.17) is 14.2 Å². The summed E-state index contributed by atoms with van der Waals surface area (Å²) in [4.78, 5) is 34.4. The fourth-order valence-electron chi connectivity index (χ4n) is 3.27. The van der Waals surface area contributed by atoms with Crippen LogP contribution in [0.1, 0.15) is 44.1 Å². The number of esters is 1. The molecular formula is C19H22N2O7. The van der Waals surface area contributed by atoms with E-state index in [0.717, 1.165) is 31.8 Å². The van der Waals surface area contributed by atoms with E-state index >= 15 is 0 Å². The van der Waals surface area contributed by atoms with E-state index in [0.29, 0.717) is 5.75 Å². The molecule has 1 aromatic carbocycles. The zero-order chi connectivity index (χ0) is 19.9. The maximum absolute atomic E-state index is 11.9. The van der Waals surface area contributed by atoms with Gasteiger partial charge in [0.05, 0.1) is 16.6 Å². The molecular weight excluding hydrogens is 368 g/mol. The first-order valence-electron chi connectivity index (χ1n) is 9.25. The Morgan fingerprint density at radius 1 is 1.18 bits per heavy atom. The number of fused-ring (bicyclic) bond motifs is 1. The Labute approximate surface area is 161 Å². The first-order valence-corrected chi connectivity index (χ1v) is 9.25. The summed E-state index contributed by atoms with van der Waals surface area (Å²) in [5.74, 6) is -0.464. The molecule has 0 atom stereocenters. The molecule has 150 valence electrons. The Hall–Kier alpha value is -3.10. The van der Waals surface area contributed by atoms with Crippen LogP contribution in [0.25, 0.3) is 6.08 Å². The predicted octanol–water partition coefficient (Wildman–Crippen LogP) is 2.72. The number of hydrogen-bond donors (Lipinski definition) is 1. The average molecular weight is 390 g/mol. The lowest BCUT2D eigenvalue weighted by atomic mass is 10.1. The SMILES string of the molecule is O=C(COC(=O)/C=C/c1cc2c(cc1[N+](=O)[O-])OCO2)NC1CCCCCC1. The highest BCUT2D eigenvalue weighted by molar-refractivity contribution is 5.90. The van der Waals surface area contributed by atoms with Crippen molar-refractivity contribution >= 4 is 23.6 Å². The van der Waals surface area contributed by atoms with Crippen molar-refractivity contribution in [2.45, 2.75) is 44.6 Å². The molecule has 1 aliphatic heterocycles. The number of hydrogen-bond acceptors (Lipinski definition) is 7. The zero-order valence-electron chi connectivity index (χ0n) is 15.3. The number of amides is 1. The molecule has 0 radical (unpaired) electrons. The molecule has 0 aromatic heterocycles. The standard InChI is InChI=1S/C19H22N2O7/c22-18(20-14-5-3-1-2-4-6-14)11-26-19(23)8-7-13-9-16-17(28-12-27-16)10-15(13)21(24)25/h7-10,14H,1-6,11-12H2,(H,20,22)/b8-7+. The zero-order valence-corrected chi connectivity index (χ0v) is 15.3. The largest absolute Gasteiger partial charge is 0.454 e. The van der Waals surface area contributed by atoms with Crippen molar-refractivity contribution in [2.24, 2.45) is 0 Å². The minimum Gasteiger partial charge on any atom is -0.454 e. The third-order valence-electron chi connectivity index (χ3n) is 4.68. The monoisotopic (exact) mass is 390 g/mol. The molecule has 9 heteroatoms. The first-order chi connectivity index (χ1) is 13.5. The number of ether oxygens (including phenoxy) is 3. The molecule has 1 heterocycles. The second-order valence-corrected chi connectivity index (χ2v) is 6.72. The number of nitro groups is 1. The van der Waals surface area contributed by atoms with Gasteiger partial charge in [0.1, 0.15) is 0 Å². The Morgan fingerprint density at radius 2 is 1.86 bits per heavy atom. The molecule has 1 aliphatic carbocycles. The quantitative estimate of drug-likeness (QED) is 0.261. The summed E-state index contributed by atoms with van der Waals surface area (Å²) in [6.07, 6.45) is 8.70. The second kappa shape index (κ2) is 9.20. The van der Waals surface area contributed by atoms with Gasteiger partial charge in [0.2, 0.25) is 6.79 Å². The minimum atomic E-state index is -0.761. The number of carbonyl (C=O) groups excluding carboxylic acids is 2. The van der Waals surface area contributed by atoms with E-state index in [1.165, 1.54) is 31.1 Å². The van der Waals surface area contributed by atoms with Gasteiger partial charge < -0.3 is 19.5 Å². The molecule has 0 saturated heterocycles. The van der Waals surface area contributed by atoms with E-state index in [1.807, 2.05) is 0 Å². The summed E-state index contributed by atoms with van der Waals surface area (Å²) < 4.78 is 15.2. The molecule has 1 saturated carbocycles. The fourth-order valence-corrected chi connectivity index (χ4v) is 3.27. The highest BCUT2D eigenvalue weighted by atomic mass is 16.7. The van der Waals surface area contributed by atoms with Crippen LogP contribution in [0.5, 0.6) is 11.5 Å². The number of rotatable bonds is 6.